The summed E-state index contributed by atoms with van der Waals surface area (Å²) in [7, 11) is -2.28. The van der Waals surface area contributed by atoms with Crippen LogP contribution in [-0.2, 0) is 18.8 Å². The summed E-state index contributed by atoms with van der Waals surface area (Å²) >= 11 is 0. The highest BCUT2D eigenvalue weighted by Gasteiger charge is 2.48. The lowest BCUT2D eigenvalue weighted by Crippen LogP contribution is -2.52. The summed E-state index contributed by atoms with van der Waals surface area (Å²) in [6.07, 6.45) is -1.48. The van der Waals surface area contributed by atoms with E-state index in [1.807, 2.05) is 58.0 Å². The lowest BCUT2D eigenvalue weighted by atomic mass is 9.79. The molecule has 7 heteroatoms. The van der Waals surface area contributed by atoms with Crippen LogP contribution in [0.4, 0.5) is 4.79 Å². The van der Waals surface area contributed by atoms with Gasteiger partial charge in [-0.3, -0.25) is 9.59 Å². The molecule has 3 atom stereocenters. The number of carbonyl (C=O) groups is 3. The third-order valence-corrected chi connectivity index (χ3v) is 11.6. The Hall–Kier alpha value is -1.99. The maximum absolute atomic E-state index is 13.4. The van der Waals surface area contributed by atoms with Crippen LogP contribution >= 0.6 is 0 Å². The van der Waals surface area contributed by atoms with Crippen molar-refractivity contribution in [3.05, 3.63) is 35.9 Å². The first kappa shape index (κ1) is 26.3. The molecular weight excluding hydrogens is 422 g/mol. The summed E-state index contributed by atoms with van der Waals surface area (Å²) in [5.41, 5.74) is -0.00903. The number of ether oxygens (including phenoxy) is 1. The Kier molecular flexibility index (Phi) is 7.77. The molecule has 1 saturated heterocycles. The van der Waals surface area contributed by atoms with Gasteiger partial charge in [0.15, 0.2) is 8.32 Å². The number of rotatable bonds is 8. The minimum Gasteiger partial charge on any atom is -0.439 e. The molecule has 0 radical (unpaired) electrons. The second kappa shape index (κ2) is 9.47. The third-order valence-electron chi connectivity index (χ3n) is 7.11. The van der Waals surface area contributed by atoms with Gasteiger partial charge in [-0.15, -0.1) is 0 Å². The van der Waals surface area contributed by atoms with E-state index in [-0.39, 0.29) is 23.1 Å². The number of Topliss-reactive ketones (excluding diaryl/α,β-unsaturated/α-hetero) is 1. The molecule has 0 bridgehead atoms. The van der Waals surface area contributed by atoms with Gasteiger partial charge in [0.1, 0.15) is 11.9 Å². The molecule has 178 valence electrons. The first-order valence-corrected chi connectivity index (χ1v) is 14.3. The highest BCUT2D eigenvalue weighted by Crippen LogP contribution is 2.41. The van der Waals surface area contributed by atoms with E-state index in [4.69, 9.17) is 9.16 Å². The summed E-state index contributed by atoms with van der Waals surface area (Å²) in [6, 6.07) is 8.97. The van der Waals surface area contributed by atoms with E-state index in [2.05, 4.69) is 33.9 Å². The van der Waals surface area contributed by atoms with Crippen molar-refractivity contribution in [2.75, 3.05) is 0 Å². The second-order valence-corrected chi connectivity index (χ2v) is 15.5. The van der Waals surface area contributed by atoms with Gasteiger partial charge in [-0.1, -0.05) is 71.9 Å². The smallest absolute Gasteiger partial charge is 0.417 e. The van der Waals surface area contributed by atoms with E-state index in [9.17, 15) is 14.4 Å². The number of cyclic esters (lactones) is 1. The van der Waals surface area contributed by atoms with Crippen molar-refractivity contribution < 1.29 is 23.5 Å². The standard InChI is InChI=1S/C25H39NO5Si/c1-10-19(27)25(6,7)20(31-32(8,9)24(3,4)5)16-21(28)26-17(2)22(30-23(26)29)18-14-12-11-13-15-18/h11-15,17,20,22H,10,16H2,1-9H3/t17-,20-,22-/m1/s1. The van der Waals surface area contributed by atoms with Gasteiger partial charge < -0.3 is 9.16 Å². The van der Waals surface area contributed by atoms with Crippen molar-refractivity contribution in [2.45, 2.75) is 97.7 Å². The number of ketones is 1. The van der Waals surface area contributed by atoms with Crippen molar-refractivity contribution in [3.8, 4) is 0 Å². The second-order valence-electron chi connectivity index (χ2n) is 10.8. The molecule has 2 rings (SSSR count). The SMILES string of the molecule is CCC(=O)C(C)(C)[C@@H](CC(=O)N1C(=O)O[C@@H](c2ccccc2)[C@H]1C)O[Si](C)(C)C(C)(C)C. The van der Waals surface area contributed by atoms with E-state index >= 15 is 0 Å². The monoisotopic (exact) mass is 461 g/mol. The third kappa shape index (κ3) is 5.31. The highest BCUT2D eigenvalue weighted by molar-refractivity contribution is 6.74. The summed E-state index contributed by atoms with van der Waals surface area (Å²) in [5, 5.41) is -0.0854. The zero-order chi connectivity index (χ0) is 24.5. The van der Waals surface area contributed by atoms with Crippen molar-refractivity contribution in [3.63, 3.8) is 0 Å². The number of amides is 2. The van der Waals surface area contributed by atoms with Crippen LogP contribution in [0.2, 0.25) is 18.1 Å². The van der Waals surface area contributed by atoms with Crippen LogP contribution < -0.4 is 0 Å². The van der Waals surface area contributed by atoms with Crippen molar-refractivity contribution >= 4 is 26.1 Å². The van der Waals surface area contributed by atoms with Gasteiger partial charge in [0.25, 0.3) is 0 Å². The summed E-state index contributed by atoms with van der Waals surface area (Å²) in [5.74, 6) is -0.338. The number of hydrogen-bond acceptors (Lipinski definition) is 5. The van der Waals surface area contributed by atoms with E-state index in [1.165, 1.54) is 4.90 Å². The van der Waals surface area contributed by atoms with Crippen molar-refractivity contribution in [2.24, 2.45) is 5.41 Å². The minimum atomic E-state index is -2.28. The largest absolute Gasteiger partial charge is 0.439 e. The number of imide groups is 1. The molecule has 1 aliphatic rings. The van der Waals surface area contributed by atoms with Crippen LogP contribution in [-0.4, -0.2) is 43.1 Å². The Morgan fingerprint density at radius 2 is 1.69 bits per heavy atom. The van der Waals surface area contributed by atoms with Gasteiger partial charge in [-0.25, -0.2) is 9.69 Å². The fourth-order valence-electron chi connectivity index (χ4n) is 3.75. The summed E-state index contributed by atoms with van der Waals surface area (Å²) < 4.78 is 12.2. The van der Waals surface area contributed by atoms with E-state index in [0.717, 1.165) is 5.56 Å². The Bertz CT molecular complexity index is 844. The van der Waals surface area contributed by atoms with E-state index < -0.39 is 38.1 Å². The molecule has 0 unspecified atom stereocenters. The zero-order valence-electron chi connectivity index (χ0n) is 21.0. The van der Waals surface area contributed by atoms with Gasteiger partial charge in [-0.2, -0.15) is 0 Å². The lowest BCUT2D eigenvalue weighted by Gasteiger charge is -2.43. The van der Waals surface area contributed by atoms with Crippen molar-refractivity contribution in [1.29, 1.82) is 0 Å². The number of hydrogen-bond donors (Lipinski definition) is 0. The summed E-state index contributed by atoms with van der Waals surface area (Å²) in [4.78, 5) is 40.0. The maximum atomic E-state index is 13.4. The molecule has 0 N–H and O–H groups in total. The quantitative estimate of drug-likeness (QED) is 0.452. The van der Waals surface area contributed by atoms with Gasteiger partial charge in [0.2, 0.25) is 5.91 Å². The van der Waals surface area contributed by atoms with E-state index in [0.29, 0.717) is 6.42 Å². The van der Waals surface area contributed by atoms with Crippen LogP contribution in [0.3, 0.4) is 0 Å². The molecule has 0 saturated carbocycles. The molecule has 1 heterocycles. The maximum Gasteiger partial charge on any atom is 0.417 e. The molecule has 0 aromatic heterocycles. The molecular formula is C25H39NO5Si. The molecule has 2 amide bonds. The predicted octanol–water partition coefficient (Wildman–Crippen LogP) is 5.88. The fraction of sp³-hybridized carbons (Fsp3) is 0.640. The Balaban J connectivity index is 2.31. The van der Waals surface area contributed by atoms with Crippen LogP contribution in [0.15, 0.2) is 30.3 Å². The van der Waals surface area contributed by atoms with Gasteiger partial charge in [0.05, 0.1) is 18.6 Å². The molecule has 1 aromatic rings. The van der Waals surface area contributed by atoms with Crippen LogP contribution in [0.1, 0.15) is 73.0 Å². The Morgan fingerprint density at radius 1 is 1.12 bits per heavy atom. The molecule has 0 spiro atoms. The topological polar surface area (TPSA) is 72.9 Å². The number of nitrogens with zero attached hydrogens (tertiary/aromatic N) is 1. The Labute approximate surface area is 193 Å². The van der Waals surface area contributed by atoms with Gasteiger partial charge >= 0.3 is 6.09 Å². The molecule has 1 fully saturated rings. The van der Waals surface area contributed by atoms with Crippen LogP contribution in [0.5, 0.6) is 0 Å². The summed E-state index contributed by atoms with van der Waals surface area (Å²) in [6.45, 7) is 17.9. The average Bonchev–Trinajstić information content (AvgIpc) is 3.00. The van der Waals surface area contributed by atoms with Crippen LogP contribution in [0, 0.1) is 5.41 Å². The van der Waals surface area contributed by atoms with Crippen LogP contribution in [0.25, 0.3) is 0 Å². The molecule has 0 aliphatic carbocycles. The fourth-order valence-corrected chi connectivity index (χ4v) is 5.20. The molecule has 1 aliphatic heterocycles. The zero-order valence-corrected chi connectivity index (χ0v) is 22.0. The molecule has 32 heavy (non-hydrogen) atoms. The molecule has 6 nitrogen and oxygen atoms in total. The lowest BCUT2D eigenvalue weighted by molar-refractivity contribution is -0.137. The minimum absolute atomic E-state index is 0.0354. The van der Waals surface area contributed by atoms with Crippen molar-refractivity contribution in [1.82, 2.24) is 4.90 Å². The highest BCUT2D eigenvalue weighted by atomic mass is 28.4. The van der Waals surface area contributed by atoms with Gasteiger partial charge in [-0.05, 0) is 30.6 Å². The number of carbonyl (C=O) groups excluding carboxylic acids is 3. The average molecular weight is 462 g/mol. The Morgan fingerprint density at radius 3 is 2.19 bits per heavy atom. The first-order valence-electron chi connectivity index (χ1n) is 11.4. The van der Waals surface area contributed by atoms with Gasteiger partial charge in [0, 0.05) is 11.8 Å². The normalized spacial score (nSPS) is 20.8. The molecule has 1 aromatic carbocycles. The predicted molar refractivity (Wildman–Crippen MR) is 128 cm³/mol. The first-order chi connectivity index (χ1) is 14.6. The van der Waals surface area contributed by atoms with E-state index in [1.54, 1.807) is 0 Å². The number of benzene rings is 1.